The molecule has 1 amide bonds. The molecular formula is C20H20F2N6O. The fourth-order valence-electron chi connectivity index (χ4n) is 3.46. The first-order chi connectivity index (χ1) is 13.9. The van der Waals surface area contributed by atoms with Gasteiger partial charge < -0.3 is 9.80 Å². The van der Waals surface area contributed by atoms with Crippen LogP contribution in [0.5, 0.6) is 0 Å². The maximum Gasteiger partial charge on any atom is 0.256 e. The summed E-state index contributed by atoms with van der Waals surface area (Å²) >= 11 is 0. The molecule has 1 aromatic carbocycles. The van der Waals surface area contributed by atoms with E-state index >= 15 is 0 Å². The third-order valence-corrected chi connectivity index (χ3v) is 4.92. The van der Waals surface area contributed by atoms with Crippen molar-refractivity contribution in [2.24, 2.45) is 0 Å². The first-order valence-electron chi connectivity index (χ1n) is 9.27. The Morgan fingerprint density at radius 3 is 2.34 bits per heavy atom. The van der Waals surface area contributed by atoms with Crippen molar-refractivity contribution in [2.75, 3.05) is 31.1 Å². The lowest BCUT2D eigenvalue weighted by atomic mass is 10.1. The Hall–Kier alpha value is -3.36. The highest BCUT2D eigenvalue weighted by Crippen LogP contribution is 2.19. The van der Waals surface area contributed by atoms with E-state index < -0.39 is 17.5 Å². The lowest BCUT2D eigenvalue weighted by molar-refractivity contribution is 0.0741. The molecule has 2 aromatic heterocycles. The van der Waals surface area contributed by atoms with E-state index in [1.807, 2.05) is 30.9 Å². The molecule has 4 rings (SSSR count). The van der Waals surface area contributed by atoms with Gasteiger partial charge in [0.2, 0.25) is 0 Å². The van der Waals surface area contributed by atoms with Gasteiger partial charge in [-0.1, -0.05) is 0 Å². The molecular weight excluding hydrogens is 378 g/mol. The number of amides is 1. The van der Waals surface area contributed by atoms with E-state index in [1.165, 1.54) is 12.4 Å². The van der Waals surface area contributed by atoms with E-state index in [0.29, 0.717) is 32.0 Å². The molecule has 0 unspecified atom stereocenters. The second-order valence-corrected chi connectivity index (χ2v) is 6.98. The largest absolute Gasteiger partial charge is 0.353 e. The minimum absolute atomic E-state index is 0.117. The van der Waals surface area contributed by atoms with Gasteiger partial charge in [0, 0.05) is 44.0 Å². The molecule has 1 fully saturated rings. The molecule has 0 N–H and O–H groups in total. The summed E-state index contributed by atoms with van der Waals surface area (Å²) in [7, 11) is 0. The minimum Gasteiger partial charge on any atom is -0.353 e. The Kier molecular flexibility index (Phi) is 4.96. The minimum atomic E-state index is -0.845. The number of anilines is 1. The molecule has 0 saturated carbocycles. The van der Waals surface area contributed by atoms with Crippen LogP contribution >= 0.6 is 0 Å². The smallest absolute Gasteiger partial charge is 0.256 e. The quantitative estimate of drug-likeness (QED) is 0.678. The van der Waals surface area contributed by atoms with Gasteiger partial charge in [0.05, 0.1) is 11.3 Å². The highest BCUT2D eigenvalue weighted by molar-refractivity contribution is 5.94. The van der Waals surface area contributed by atoms with Crippen LogP contribution in [0.4, 0.5) is 14.6 Å². The summed E-state index contributed by atoms with van der Waals surface area (Å²) in [5.74, 6) is -0.572. The predicted molar refractivity (Wildman–Crippen MR) is 103 cm³/mol. The molecule has 7 nitrogen and oxygen atoms in total. The van der Waals surface area contributed by atoms with E-state index in [4.69, 9.17) is 0 Å². The molecule has 150 valence electrons. The zero-order chi connectivity index (χ0) is 20.5. The summed E-state index contributed by atoms with van der Waals surface area (Å²) in [6.45, 7) is 5.79. The van der Waals surface area contributed by atoms with Crippen LogP contribution in [0.25, 0.3) is 5.82 Å². The normalized spacial score (nSPS) is 14.3. The van der Waals surface area contributed by atoms with Crippen molar-refractivity contribution in [3.05, 3.63) is 65.2 Å². The number of piperazine rings is 1. The van der Waals surface area contributed by atoms with Crippen molar-refractivity contribution in [3.63, 3.8) is 0 Å². The number of aryl methyl sites for hydroxylation is 2. The molecule has 1 aliphatic heterocycles. The number of carbonyl (C=O) groups excluding carboxylic acids is 1. The number of aromatic nitrogens is 4. The number of rotatable bonds is 3. The van der Waals surface area contributed by atoms with Crippen LogP contribution in [0.2, 0.25) is 0 Å². The Bertz CT molecular complexity index is 1060. The average molecular weight is 398 g/mol. The summed E-state index contributed by atoms with van der Waals surface area (Å²) in [4.78, 5) is 24.8. The molecule has 0 spiro atoms. The molecule has 29 heavy (non-hydrogen) atoms. The van der Waals surface area contributed by atoms with Gasteiger partial charge in [-0.15, -0.1) is 0 Å². The van der Waals surface area contributed by atoms with Crippen LogP contribution in [0.3, 0.4) is 0 Å². The average Bonchev–Trinajstić information content (AvgIpc) is 3.06. The van der Waals surface area contributed by atoms with Crippen molar-refractivity contribution in [1.29, 1.82) is 0 Å². The van der Waals surface area contributed by atoms with E-state index in [1.54, 1.807) is 9.58 Å². The highest BCUT2D eigenvalue weighted by atomic mass is 19.1. The third-order valence-electron chi connectivity index (χ3n) is 4.92. The van der Waals surface area contributed by atoms with Crippen LogP contribution < -0.4 is 4.90 Å². The fourth-order valence-corrected chi connectivity index (χ4v) is 3.46. The lowest BCUT2D eigenvalue weighted by Gasteiger charge is -2.35. The molecule has 1 saturated heterocycles. The monoisotopic (exact) mass is 398 g/mol. The molecule has 1 aliphatic rings. The Morgan fingerprint density at radius 2 is 1.69 bits per heavy atom. The zero-order valence-electron chi connectivity index (χ0n) is 16.1. The van der Waals surface area contributed by atoms with Crippen molar-refractivity contribution in [1.82, 2.24) is 24.6 Å². The zero-order valence-corrected chi connectivity index (χ0v) is 16.1. The number of benzene rings is 1. The second-order valence-electron chi connectivity index (χ2n) is 6.98. The van der Waals surface area contributed by atoms with Crippen LogP contribution in [-0.4, -0.2) is 56.7 Å². The van der Waals surface area contributed by atoms with Crippen molar-refractivity contribution in [2.45, 2.75) is 13.8 Å². The fraction of sp³-hybridized carbons (Fsp3) is 0.300. The van der Waals surface area contributed by atoms with E-state index in [-0.39, 0.29) is 5.56 Å². The molecule has 9 heteroatoms. The number of carbonyl (C=O) groups is 1. The van der Waals surface area contributed by atoms with Crippen molar-refractivity contribution in [3.8, 4) is 5.82 Å². The topological polar surface area (TPSA) is 67.2 Å². The molecule has 0 aliphatic carbocycles. The van der Waals surface area contributed by atoms with Gasteiger partial charge in [-0.3, -0.25) is 4.79 Å². The number of nitrogens with zero attached hydrogens (tertiary/aromatic N) is 6. The SMILES string of the molecule is Cc1cc(C)n(-c2cc(N3CCN(C(=O)c4ccc(F)cc4F)CC3)ncn2)n1. The van der Waals surface area contributed by atoms with Gasteiger partial charge in [-0.05, 0) is 32.0 Å². The summed E-state index contributed by atoms with van der Waals surface area (Å²) in [5.41, 5.74) is 1.76. The Labute approximate surface area is 166 Å². The number of halogens is 2. The van der Waals surface area contributed by atoms with E-state index in [0.717, 1.165) is 29.3 Å². The van der Waals surface area contributed by atoms with Gasteiger partial charge in [-0.25, -0.2) is 23.4 Å². The molecule has 3 aromatic rings. The predicted octanol–water partition coefficient (Wildman–Crippen LogP) is 2.52. The van der Waals surface area contributed by atoms with Crippen LogP contribution in [0, 0.1) is 25.5 Å². The highest BCUT2D eigenvalue weighted by Gasteiger charge is 2.25. The first-order valence-corrected chi connectivity index (χ1v) is 9.27. The van der Waals surface area contributed by atoms with Gasteiger partial charge in [0.25, 0.3) is 5.91 Å². The van der Waals surface area contributed by atoms with Crippen molar-refractivity contribution < 1.29 is 13.6 Å². The Morgan fingerprint density at radius 1 is 0.966 bits per heavy atom. The molecule has 0 bridgehead atoms. The van der Waals surface area contributed by atoms with Gasteiger partial charge in [-0.2, -0.15) is 5.10 Å². The maximum atomic E-state index is 13.9. The Balaban J connectivity index is 1.47. The van der Waals surface area contributed by atoms with E-state index in [9.17, 15) is 13.6 Å². The summed E-state index contributed by atoms with van der Waals surface area (Å²) in [6.07, 6.45) is 1.49. The summed E-state index contributed by atoms with van der Waals surface area (Å²) in [5, 5.41) is 4.44. The van der Waals surface area contributed by atoms with Gasteiger partial charge in [0.1, 0.15) is 23.8 Å². The standard InChI is InChI=1S/C20H20F2N6O/c1-13-9-14(2)28(25-13)19-11-18(23-12-24-19)26-5-7-27(8-6-26)20(29)16-4-3-15(21)10-17(16)22/h3-4,9-12H,5-8H2,1-2H3. The summed E-state index contributed by atoms with van der Waals surface area (Å²) < 4.78 is 28.8. The molecule has 3 heterocycles. The lowest BCUT2D eigenvalue weighted by Crippen LogP contribution is -2.49. The third kappa shape index (κ3) is 3.80. The van der Waals surface area contributed by atoms with Crippen molar-refractivity contribution >= 4 is 11.7 Å². The maximum absolute atomic E-state index is 13.9. The number of hydrogen-bond donors (Lipinski definition) is 0. The van der Waals surface area contributed by atoms with Gasteiger partial charge in [0.15, 0.2) is 5.82 Å². The van der Waals surface area contributed by atoms with Crippen LogP contribution in [0.15, 0.2) is 36.7 Å². The molecule has 0 atom stereocenters. The molecule has 0 radical (unpaired) electrons. The second kappa shape index (κ2) is 7.57. The van der Waals surface area contributed by atoms with E-state index in [2.05, 4.69) is 15.1 Å². The van der Waals surface area contributed by atoms with Crippen LogP contribution in [-0.2, 0) is 0 Å². The first kappa shape index (κ1) is 19.0. The van der Waals surface area contributed by atoms with Gasteiger partial charge >= 0.3 is 0 Å². The summed E-state index contributed by atoms with van der Waals surface area (Å²) in [6, 6.07) is 6.83. The number of hydrogen-bond acceptors (Lipinski definition) is 5. The van der Waals surface area contributed by atoms with Crippen LogP contribution in [0.1, 0.15) is 21.7 Å².